The van der Waals surface area contributed by atoms with Gasteiger partial charge in [-0.2, -0.15) is 5.10 Å². The predicted octanol–water partition coefficient (Wildman–Crippen LogP) is 0.409. The lowest BCUT2D eigenvalue weighted by Crippen LogP contribution is -2.37. The quantitative estimate of drug-likeness (QED) is 0.612. The molecule has 0 bridgehead atoms. The van der Waals surface area contributed by atoms with Crippen molar-refractivity contribution in [1.29, 1.82) is 0 Å². The second-order valence-electron chi connectivity index (χ2n) is 4.53. The van der Waals surface area contributed by atoms with Gasteiger partial charge in [0.25, 0.3) is 0 Å². The highest BCUT2D eigenvalue weighted by Crippen LogP contribution is 2.01. The van der Waals surface area contributed by atoms with E-state index in [-0.39, 0.29) is 0 Å². The molecule has 0 aliphatic carbocycles. The summed E-state index contributed by atoms with van der Waals surface area (Å²) in [5.41, 5.74) is 1.18. The van der Waals surface area contributed by atoms with Gasteiger partial charge in [-0.05, 0) is 18.6 Å². The molecule has 0 aliphatic rings. The van der Waals surface area contributed by atoms with Gasteiger partial charge in [-0.1, -0.05) is 0 Å². The molecule has 7 nitrogen and oxygen atoms in total. The minimum absolute atomic E-state index is 0.594. The fourth-order valence-electron chi connectivity index (χ4n) is 1.81. The highest BCUT2D eigenvalue weighted by atomic mass is 15.3. The first-order chi connectivity index (χ1) is 9.69. The van der Waals surface area contributed by atoms with E-state index in [0.717, 1.165) is 18.3 Å². The summed E-state index contributed by atoms with van der Waals surface area (Å²) in [6.07, 6.45) is 5.63. The molecular weight excluding hydrogens is 254 g/mol. The predicted molar refractivity (Wildman–Crippen MR) is 78.1 cm³/mol. The van der Waals surface area contributed by atoms with Crippen molar-refractivity contribution in [3.05, 3.63) is 36.2 Å². The van der Waals surface area contributed by atoms with E-state index in [1.807, 2.05) is 31.8 Å². The van der Waals surface area contributed by atoms with Gasteiger partial charge in [0.15, 0.2) is 5.96 Å². The topological polar surface area (TPSA) is 72.1 Å². The third kappa shape index (κ3) is 3.84. The Morgan fingerprint density at radius 3 is 2.80 bits per heavy atom. The van der Waals surface area contributed by atoms with E-state index in [4.69, 9.17) is 0 Å². The van der Waals surface area contributed by atoms with Gasteiger partial charge < -0.3 is 15.2 Å². The highest BCUT2D eigenvalue weighted by Gasteiger charge is 2.02. The van der Waals surface area contributed by atoms with Gasteiger partial charge in [-0.15, -0.1) is 0 Å². The van der Waals surface area contributed by atoms with Crippen LogP contribution >= 0.6 is 0 Å². The van der Waals surface area contributed by atoms with Gasteiger partial charge in [0, 0.05) is 33.0 Å². The molecule has 108 valence electrons. The van der Waals surface area contributed by atoms with Crippen LogP contribution in [0.3, 0.4) is 0 Å². The monoisotopic (exact) mass is 275 g/mol. The second kappa shape index (κ2) is 6.74. The maximum Gasteiger partial charge on any atom is 0.191 e. The maximum atomic E-state index is 4.55. The molecule has 0 saturated heterocycles. The second-order valence-corrected chi connectivity index (χ2v) is 4.53. The molecule has 2 aromatic rings. The summed E-state index contributed by atoms with van der Waals surface area (Å²) in [5.74, 6) is 1.65. The van der Waals surface area contributed by atoms with Crippen LogP contribution in [-0.4, -0.2) is 31.8 Å². The molecule has 0 fully saturated rings. The van der Waals surface area contributed by atoms with Gasteiger partial charge in [-0.25, -0.2) is 9.98 Å². The number of hydrogen-bond acceptors (Lipinski definition) is 3. The minimum Gasteiger partial charge on any atom is -0.357 e. The Morgan fingerprint density at radius 1 is 1.35 bits per heavy atom. The number of aromatic nitrogens is 4. The van der Waals surface area contributed by atoms with Crippen LogP contribution in [-0.2, 0) is 27.2 Å². The van der Waals surface area contributed by atoms with Crippen LogP contribution in [0.15, 0.2) is 29.8 Å². The van der Waals surface area contributed by atoms with Gasteiger partial charge in [0.2, 0.25) is 0 Å². The van der Waals surface area contributed by atoms with E-state index in [9.17, 15) is 0 Å². The van der Waals surface area contributed by atoms with Crippen LogP contribution in [0.4, 0.5) is 0 Å². The minimum atomic E-state index is 0.594. The Labute approximate surface area is 118 Å². The van der Waals surface area contributed by atoms with E-state index < -0.39 is 0 Å². The number of aryl methyl sites for hydroxylation is 2. The average Bonchev–Trinajstić information content (AvgIpc) is 3.02. The van der Waals surface area contributed by atoms with Gasteiger partial charge in [-0.3, -0.25) is 4.68 Å². The molecule has 0 saturated carbocycles. The molecule has 2 heterocycles. The number of nitrogens with zero attached hydrogens (tertiary/aromatic N) is 5. The Kier molecular flexibility index (Phi) is 4.75. The van der Waals surface area contributed by atoms with Crippen molar-refractivity contribution in [3.8, 4) is 0 Å². The van der Waals surface area contributed by atoms with E-state index >= 15 is 0 Å². The van der Waals surface area contributed by atoms with Crippen LogP contribution in [0.2, 0.25) is 0 Å². The van der Waals surface area contributed by atoms with Crippen LogP contribution in [0, 0.1) is 0 Å². The molecule has 2 N–H and O–H groups in total. The standard InChI is InChI=1S/C13H21N7/c1-4-14-13(15-7-11-5-6-19(2)9-11)16-8-12-17-10-18-20(12)3/h5-6,9-10H,4,7-8H2,1-3H3,(H2,14,15,16). The Bertz CT molecular complexity index is 567. The van der Waals surface area contributed by atoms with Gasteiger partial charge in [0.1, 0.15) is 12.2 Å². The van der Waals surface area contributed by atoms with Crippen molar-refractivity contribution in [1.82, 2.24) is 30.0 Å². The van der Waals surface area contributed by atoms with Crippen molar-refractivity contribution in [2.45, 2.75) is 20.0 Å². The lowest BCUT2D eigenvalue weighted by molar-refractivity contribution is 0.673. The molecule has 0 unspecified atom stereocenters. The lowest BCUT2D eigenvalue weighted by Gasteiger charge is -2.10. The van der Waals surface area contributed by atoms with Crippen molar-refractivity contribution in [2.24, 2.45) is 19.1 Å². The zero-order chi connectivity index (χ0) is 14.4. The first kappa shape index (κ1) is 14.1. The van der Waals surface area contributed by atoms with Crippen molar-refractivity contribution in [3.63, 3.8) is 0 Å². The molecule has 2 aromatic heterocycles. The Hall–Kier alpha value is -2.31. The summed E-state index contributed by atoms with van der Waals surface area (Å²) in [6.45, 7) is 4.10. The first-order valence-corrected chi connectivity index (χ1v) is 6.65. The zero-order valence-corrected chi connectivity index (χ0v) is 12.2. The zero-order valence-electron chi connectivity index (χ0n) is 12.2. The van der Waals surface area contributed by atoms with Crippen LogP contribution < -0.4 is 10.6 Å². The van der Waals surface area contributed by atoms with E-state index in [1.165, 1.54) is 5.56 Å². The number of rotatable bonds is 5. The molecule has 0 atom stereocenters. The smallest absolute Gasteiger partial charge is 0.191 e. The summed E-state index contributed by atoms with van der Waals surface area (Å²) in [4.78, 5) is 8.72. The molecule has 0 amide bonds. The molecule has 0 spiro atoms. The molecular formula is C13H21N7. The summed E-state index contributed by atoms with van der Waals surface area (Å²) in [5, 5.41) is 10.5. The number of nitrogens with one attached hydrogen (secondary N) is 2. The normalized spacial score (nSPS) is 11.7. The number of guanidine groups is 1. The van der Waals surface area contributed by atoms with E-state index in [0.29, 0.717) is 13.1 Å². The van der Waals surface area contributed by atoms with Crippen molar-refractivity contribution in [2.75, 3.05) is 6.54 Å². The number of hydrogen-bond donors (Lipinski definition) is 2. The van der Waals surface area contributed by atoms with E-state index in [1.54, 1.807) is 11.0 Å². The summed E-state index contributed by atoms with van der Waals surface area (Å²) in [7, 11) is 3.88. The number of aliphatic imine (C=N–C) groups is 1. The molecule has 7 heteroatoms. The van der Waals surface area contributed by atoms with Crippen LogP contribution in [0.5, 0.6) is 0 Å². The fourth-order valence-corrected chi connectivity index (χ4v) is 1.81. The Balaban J connectivity index is 1.94. The van der Waals surface area contributed by atoms with Crippen molar-refractivity contribution < 1.29 is 0 Å². The summed E-state index contributed by atoms with van der Waals surface area (Å²) in [6, 6.07) is 2.07. The van der Waals surface area contributed by atoms with Crippen LogP contribution in [0.25, 0.3) is 0 Å². The third-order valence-corrected chi connectivity index (χ3v) is 2.88. The van der Waals surface area contributed by atoms with Gasteiger partial charge >= 0.3 is 0 Å². The van der Waals surface area contributed by atoms with Gasteiger partial charge in [0.05, 0.1) is 13.1 Å². The summed E-state index contributed by atoms with van der Waals surface area (Å²) < 4.78 is 3.76. The maximum absolute atomic E-state index is 4.55. The van der Waals surface area contributed by atoms with E-state index in [2.05, 4.69) is 38.0 Å². The lowest BCUT2D eigenvalue weighted by atomic mass is 10.3. The Morgan fingerprint density at radius 2 is 2.20 bits per heavy atom. The fraction of sp³-hybridized carbons (Fsp3) is 0.462. The molecule has 20 heavy (non-hydrogen) atoms. The van der Waals surface area contributed by atoms with Crippen molar-refractivity contribution >= 4 is 5.96 Å². The molecule has 0 radical (unpaired) electrons. The third-order valence-electron chi connectivity index (χ3n) is 2.88. The molecule has 0 aromatic carbocycles. The first-order valence-electron chi connectivity index (χ1n) is 6.65. The molecule has 2 rings (SSSR count). The average molecular weight is 275 g/mol. The van der Waals surface area contributed by atoms with Crippen LogP contribution in [0.1, 0.15) is 18.3 Å². The largest absolute Gasteiger partial charge is 0.357 e. The highest BCUT2D eigenvalue weighted by molar-refractivity contribution is 5.79. The SMILES string of the molecule is CCNC(=NCc1ccn(C)c1)NCc1ncnn1C. The molecule has 0 aliphatic heterocycles. The summed E-state index contributed by atoms with van der Waals surface area (Å²) >= 11 is 0.